The zero-order chi connectivity index (χ0) is 23.5. The third kappa shape index (κ3) is 6.86. The molecule has 0 atom stereocenters. The topological polar surface area (TPSA) is 97.1 Å². The van der Waals surface area contributed by atoms with Crippen molar-refractivity contribution in [3.63, 3.8) is 0 Å². The van der Waals surface area contributed by atoms with Crippen LogP contribution >= 0.6 is 0 Å². The first-order valence-electron chi connectivity index (χ1n) is 11.0. The van der Waals surface area contributed by atoms with Gasteiger partial charge in [0.25, 0.3) is 5.88 Å². The van der Waals surface area contributed by atoms with E-state index in [9.17, 15) is 23.1 Å². The summed E-state index contributed by atoms with van der Waals surface area (Å²) in [4.78, 5) is 13.9. The number of carboxylic acids is 1. The van der Waals surface area contributed by atoms with Gasteiger partial charge in [0, 0.05) is 31.1 Å². The number of carbonyl (C=O) groups excluding carboxylic acids is 1. The van der Waals surface area contributed by atoms with E-state index in [0.717, 1.165) is 25.9 Å². The molecule has 3 heterocycles. The molecule has 8 nitrogen and oxygen atoms in total. The van der Waals surface area contributed by atoms with Gasteiger partial charge in [-0.2, -0.15) is 13.2 Å². The second kappa shape index (κ2) is 11.9. The number of halogens is 3. The molecule has 2 aliphatic heterocycles. The van der Waals surface area contributed by atoms with Gasteiger partial charge in [0.05, 0.1) is 6.61 Å². The average molecular weight is 511 g/mol. The Labute approximate surface area is 237 Å². The van der Waals surface area contributed by atoms with Gasteiger partial charge in [0.2, 0.25) is 0 Å². The predicted octanol–water partition coefficient (Wildman–Crippen LogP) is -0.590. The number of piperidine rings is 1. The molecule has 2 aromatic rings. The Morgan fingerprint density at radius 2 is 1.91 bits per heavy atom. The second-order valence-corrected chi connectivity index (χ2v) is 8.73. The van der Waals surface area contributed by atoms with Crippen LogP contribution < -0.4 is 66.0 Å². The molecule has 2 aliphatic rings. The number of carboxylic acid groups (broad SMARTS) is 1. The Hall–Kier alpha value is -0.894. The summed E-state index contributed by atoms with van der Waals surface area (Å²) in [6.45, 7) is 1.65. The molecule has 34 heavy (non-hydrogen) atoms. The van der Waals surface area contributed by atoms with Crippen LogP contribution in [-0.4, -0.2) is 68.3 Å². The molecule has 0 bridgehead atoms. The van der Waals surface area contributed by atoms with Crippen molar-refractivity contribution in [2.45, 2.75) is 31.9 Å². The summed E-state index contributed by atoms with van der Waals surface area (Å²) in [5.74, 6) is -0.717. The number of hydrogen-bond donors (Lipinski definition) is 0. The SMILES string of the molecule is O=C([O-])C1(CN2CCC(COc3noc4cccc(OCC(F)(F)F)c34)CC2)CCOCC1.[K+]. The Bertz CT molecular complexity index is 956. The number of ether oxygens (including phenoxy) is 3. The van der Waals surface area contributed by atoms with E-state index in [0.29, 0.717) is 39.2 Å². The maximum absolute atomic E-state index is 12.6. The molecule has 2 saturated heterocycles. The van der Waals surface area contributed by atoms with Gasteiger partial charge in [0.1, 0.15) is 11.1 Å². The fraction of sp³-hybridized carbons (Fsp3) is 0.636. The van der Waals surface area contributed by atoms with Crippen LogP contribution in [0.3, 0.4) is 0 Å². The number of aliphatic carboxylic acids is 1. The summed E-state index contributed by atoms with van der Waals surface area (Å²) in [6, 6.07) is 4.52. The van der Waals surface area contributed by atoms with E-state index in [1.807, 2.05) is 0 Å². The van der Waals surface area contributed by atoms with Crippen LogP contribution in [0.1, 0.15) is 25.7 Å². The van der Waals surface area contributed by atoms with Crippen molar-refractivity contribution >= 4 is 16.9 Å². The molecule has 0 amide bonds. The van der Waals surface area contributed by atoms with Crippen molar-refractivity contribution in [3.8, 4) is 11.6 Å². The number of benzene rings is 1. The van der Waals surface area contributed by atoms with Gasteiger partial charge < -0.3 is 33.5 Å². The van der Waals surface area contributed by atoms with Crippen molar-refractivity contribution in [2.24, 2.45) is 11.3 Å². The number of likely N-dealkylation sites (tertiary alicyclic amines) is 1. The third-order valence-electron chi connectivity index (χ3n) is 6.39. The van der Waals surface area contributed by atoms with Crippen LogP contribution in [0.2, 0.25) is 0 Å². The first-order valence-corrected chi connectivity index (χ1v) is 11.0. The molecule has 1 aromatic carbocycles. The van der Waals surface area contributed by atoms with Crippen molar-refractivity contribution in [3.05, 3.63) is 18.2 Å². The molecule has 0 saturated carbocycles. The normalized spacial score (nSPS) is 19.5. The summed E-state index contributed by atoms with van der Waals surface area (Å²) in [6.07, 6.45) is -1.96. The van der Waals surface area contributed by atoms with E-state index in [1.165, 1.54) is 12.1 Å². The zero-order valence-electron chi connectivity index (χ0n) is 19.1. The minimum Gasteiger partial charge on any atom is -0.550 e. The number of nitrogens with zero attached hydrogens (tertiary/aromatic N) is 2. The molecule has 4 rings (SSSR count). The minimum absolute atomic E-state index is 0. The van der Waals surface area contributed by atoms with Gasteiger partial charge in [-0.25, -0.2) is 0 Å². The largest absolute Gasteiger partial charge is 1.00 e. The van der Waals surface area contributed by atoms with Crippen LogP contribution in [-0.2, 0) is 9.53 Å². The van der Waals surface area contributed by atoms with E-state index >= 15 is 0 Å². The van der Waals surface area contributed by atoms with Gasteiger partial charge in [-0.05, 0) is 62.0 Å². The number of carbonyl (C=O) groups is 1. The van der Waals surface area contributed by atoms with Gasteiger partial charge in [-0.15, -0.1) is 0 Å². The third-order valence-corrected chi connectivity index (χ3v) is 6.39. The quantitative estimate of drug-likeness (QED) is 0.435. The zero-order valence-corrected chi connectivity index (χ0v) is 22.2. The van der Waals surface area contributed by atoms with Gasteiger partial charge in [-0.1, -0.05) is 6.07 Å². The van der Waals surface area contributed by atoms with Crippen LogP contribution in [0.5, 0.6) is 11.6 Å². The van der Waals surface area contributed by atoms with Crippen LogP contribution in [0.4, 0.5) is 13.2 Å². The maximum Gasteiger partial charge on any atom is 1.00 e. The Morgan fingerprint density at radius 3 is 2.56 bits per heavy atom. The summed E-state index contributed by atoms with van der Waals surface area (Å²) >= 11 is 0. The summed E-state index contributed by atoms with van der Waals surface area (Å²) in [7, 11) is 0. The molecule has 0 spiro atoms. The van der Waals surface area contributed by atoms with Crippen LogP contribution in [0.15, 0.2) is 22.7 Å². The number of rotatable bonds is 8. The Morgan fingerprint density at radius 1 is 1.21 bits per heavy atom. The Kier molecular flexibility index (Phi) is 9.69. The van der Waals surface area contributed by atoms with Crippen molar-refractivity contribution < 1.29 is 93.2 Å². The van der Waals surface area contributed by atoms with Crippen LogP contribution in [0.25, 0.3) is 11.0 Å². The number of fused-ring (bicyclic) bond motifs is 1. The van der Waals surface area contributed by atoms with Crippen molar-refractivity contribution in [1.82, 2.24) is 10.1 Å². The van der Waals surface area contributed by atoms with E-state index in [4.69, 9.17) is 18.7 Å². The van der Waals surface area contributed by atoms with Gasteiger partial charge in [0.15, 0.2) is 12.2 Å². The van der Waals surface area contributed by atoms with Gasteiger partial charge in [-0.3, -0.25) is 0 Å². The molecule has 12 heteroatoms. The van der Waals surface area contributed by atoms with Gasteiger partial charge >= 0.3 is 57.6 Å². The first-order chi connectivity index (χ1) is 15.8. The second-order valence-electron chi connectivity index (χ2n) is 8.73. The molecular formula is C22H26F3KN2O6. The van der Waals surface area contributed by atoms with Crippen LogP contribution in [0, 0.1) is 11.3 Å². The van der Waals surface area contributed by atoms with E-state index < -0.39 is 24.2 Å². The minimum atomic E-state index is -4.46. The average Bonchev–Trinajstić information content (AvgIpc) is 3.21. The Balaban J connectivity index is 0.00000324. The van der Waals surface area contributed by atoms with Crippen molar-refractivity contribution in [2.75, 3.05) is 46.1 Å². The predicted molar refractivity (Wildman–Crippen MR) is 108 cm³/mol. The molecule has 2 fully saturated rings. The van der Waals surface area contributed by atoms with E-state index in [-0.39, 0.29) is 79.9 Å². The summed E-state index contributed by atoms with van der Waals surface area (Å²) in [5.41, 5.74) is -0.586. The molecule has 1 aromatic heterocycles. The summed E-state index contributed by atoms with van der Waals surface area (Å²) in [5, 5.41) is 15.9. The standard InChI is InChI=1S/C22H27F3N2O6.K/c23-22(24,25)14-32-16-2-1-3-17-18(16)19(26-33-17)31-12-15-4-8-27(9-5-15)13-21(20(28)29)6-10-30-11-7-21;/h1-3,15H,4-14H2,(H,28,29);/q;+1/p-1. The smallest absolute Gasteiger partial charge is 0.550 e. The number of aromatic nitrogens is 1. The number of alkyl halides is 3. The number of hydrogen-bond acceptors (Lipinski definition) is 8. The molecule has 182 valence electrons. The molecular weight excluding hydrogens is 484 g/mol. The van der Waals surface area contributed by atoms with E-state index in [1.54, 1.807) is 6.07 Å². The first kappa shape index (κ1) is 27.7. The summed E-state index contributed by atoms with van der Waals surface area (Å²) < 4.78 is 58.9. The fourth-order valence-corrected chi connectivity index (χ4v) is 4.44. The monoisotopic (exact) mass is 510 g/mol. The molecule has 0 unspecified atom stereocenters. The molecule has 0 aliphatic carbocycles. The maximum atomic E-state index is 12.6. The molecule has 0 radical (unpaired) electrons. The molecule has 0 N–H and O–H groups in total. The fourth-order valence-electron chi connectivity index (χ4n) is 4.44. The van der Waals surface area contributed by atoms with Crippen molar-refractivity contribution in [1.29, 1.82) is 0 Å². The van der Waals surface area contributed by atoms with E-state index in [2.05, 4.69) is 10.1 Å².